The first-order chi connectivity index (χ1) is 6.18. The van der Waals surface area contributed by atoms with Crippen LogP contribution >= 0.6 is 0 Å². The van der Waals surface area contributed by atoms with E-state index in [9.17, 15) is 0 Å². The summed E-state index contributed by atoms with van der Waals surface area (Å²) in [7, 11) is 0. The third-order valence-corrected chi connectivity index (χ3v) is 4.87. The monoisotopic (exact) mass is 180 g/mol. The molecule has 0 amide bonds. The summed E-state index contributed by atoms with van der Waals surface area (Å²) >= 11 is 0. The fraction of sp³-hybridized carbons (Fsp3) is 1.00. The maximum absolute atomic E-state index is 2.50. The van der Waals surface area contributed by atoms with Crippen LogP contribution < -0.4 is 0 Å². The average molecular weight is 180 g/mol. The van der Waals surface area contributed by atoms with E-state index in [4.69, 9.17) is 0 Å². The van der Waals surface area contributed by atoms with Gasteiger partial charge in [-0.3, -0.25) is 0 Å². The van der Waals surface area contributed by atoms with E-state index in [1.165, 1.54) is 32.1 Å². The molecule has 2 aliphatic carbocycles. The fourth-order valence-electron chi connectivity index (χ4n) is 3.71. The van der Waals surface area contributed by atoms with Crippen LogP contribution in [0.1, 0.15) is 52.9 Å². The quantitative estimate of drug-likeness (QED) is 0.526. The standard InChI is InChI=1S/C13H24/c1-9-4-7-13-11(3)10(2)5-6-12(13)8-9/h9-13H,4-8H2,1-3H3/t9-,10+,11+,12-,13+/m1/s1. The van der Waals surface area contributed by atoms with Crippen molar-refractivity contribution < 1.29 is 0 Å². The third kappa shape index (κ3) is 1.78. The normalized spacial score (nSPS) is 51.5. The lowest BCUT2D eigenvalue weighted by molar-refractivity contribution is 0.0543. The molecular weight excluding hydrogens is 156 g/mol. The number of rotatable bonds is 0. The van der Waals surface area contributed by atoms with Gasteiger partial charge >= 0.3 is 0 Å². The average Bonchev–Trinajstić information content (AvgIpc) is 2.12. The molecule has 0 radical (unpaired) electrons. The first-order valence-electron chi connectivity index (χ1n) is 6.18. The lowest BCUT2D eigenvalue weighted by Crippen LogP contribution is -2.35. The van der Waals surface area contributed by atoms with E-state index in [1.54, 1.807) is 0 Å². The predicted octanol–water partition coefficient (Wildman–Crippen LogP) is 4.10. The van der Waals surface area contributed by atoms with Crippen molar-refractivity contribution in [2.75, 3.05) is 0 Å². The molecule has 0 aliphatic heterocycles. The van der Waals surface area contributed by atoms with E-state index in [-0.39, 0.29) is 0 Å². The minimum absolute atomic E-state index is 0.995. The zero-order valence-corrected chi connectivity index (χ0v) is 9.42. The maximum Gasteiger partial charge on any atom is -0.0357 e. The lowest BCUT2D eigenvalue weighted by atomic mass is 9.61. The van der Waals surface area contributed by atoms with Gasteiger partial charge in [-0.25, -0.2) is 0 Å². The van der Waals surface area contributed by atoms with Crippen molar-refractivity contribution in [3.8, 4) is 0 Å². The van der Waals surface area contributed by atoms with Crippen LogP contribution in [-0.2, 0) is 0 Å². The van der Waals surface area contributed by atoms with Crippen molar-refractivity contribution in [3.05, 3.63) is 0 Å². The molecule has 5 atom stereocenters. The number of hydrogen-bond donors (Lipinski definition) is 0. The van der Waals surface area contributed by atoms with Gasteiger partial charge in [0.1, 0.15) is 0 Å². The van der Waals surface area contributed by atoms with Crippen molar-refractivity contribution in [1.82, 2.24) is 0 Å². The second-order valence-electron chi connectivity index (χ2n) is 5.76. The van der Waals surface area contributed by atoms with Gasteiger partial charge in [0, 0.05) is 0 Å². The summed E-state index contributed by atoms with van der Waals surface area (Å²) in [6.45, 7) is 7.40. The van der Waals surface area contributed by atoms with E-state index in [0.29, 0.717) is 0 Å². The van der Waals surface area contributed by atoms with Crippen molar-refractivity contribution >= 4 is 0 Å². The first-order valence-corrected chi connectivity index (χ1v) is 6.18. The van der Waals surface area contributed by atoms with E-state index in [1.807, 2.05) is 0 Å². The van der Waals surface area contributed by atoms with E-state index >= 15 is 0 Å². The summed E-state index contributed by atoms with van der Waals surface area (Å²) in [5.41, 5.74) is 0. The molecule has 0 heterocycles. The molecule has 0 N–H and O–H groups in total. The van der Waals surface area contributed by atoms with E-state index in [2.05, 4.69) is 20.8 Å². The van der Waals surface area contributed by atoms with Gasteiger partial charge in [-0.15, -0.1) is 0 Å². The maximum atomic E-state index is 2.50. The summed E-state index contributed by atoms with van der Waals surface area (Å²) in [6, 6.07) is 0. The van der Waals surface area contributed by atoms with Crippen LogP contribution in [0.5, 0.6) is 0 Å². The largest absolute Gasteiger partial charge is 0.0625 e. The Kier molecular flexibility index (Phi) is 2.67. The zero-order chi connectivity index (χ0) is 9.42. The van der Waals surface area contributed by atoms with Crippen LogP contribution in [0.2, 0.25) is 0 Å². The Morgan fingerprint density at radius 1 is 0.846 bits per heavy atom. The highest BCUT2D eigenvalue weighted by atomic mass is 14.4. The lowest BCUT2D eigenvalue weighted by Gasteiger charge is -2.45. The first kappa shape index (κ1) is 9.55. The van der Waals surface area contributed by atoms with Gasteiger partial charge in [-0.05, 0) is 48.9 Å². The minimum Gasteiger partial charge on any atom is -0.0625 e. The summed E-state index contributed by atoms with van der Waals surface area (Å²) < 4.78 is 0. The second kappa shape index (κ2) is 3.63. The Labute approximate surface area is 83.1 Å². The molecule has 0 aromatic heterocycles. The second-order valence-corrected chi connectivity index (χ2v) is 5.76. The van der Waals surface area contributed by atoms with Crippen molar-refractivity contribution in [2.24, 2.45) is 29.6 Å². The van der Waals surface area contributed by atoms with Crippen LogP contribution in [0.3, 0.4) is 0 Å². The summed E-state index contributed by atoms with van der Waals surface area (Å²) in [5, 5.41) is 0. The summed E-state index contributed by atoms with van der Waals surface area (Å²) in [6.07, 6.45) is 7.58. The van der Waals surface area contributed by atoms with Crippen LogP contribution in [0.15, 0.2) is 0 Å². The van der Waals surface area contributed by atoms with E-state index < -0.39 is 0 Å². The Bertz CT molecular complexity index is 173. The van der Waals surface area contributed by atoms with Gasteiger partial charge in [-0.1, -0.05) is 33.6 Å². The molecule has 0 unspecified atom stereocenters. The fourth-order valence-corrected chi connectivity index (χ4v) is 3.71. The molecule has 0 nitrogen and oxygen atoms in total. The molecule has 2 rings (SSSR count). The predicted molar refractivity (Wildman–Crippen MR) is 57.6 cm³/mol. The molecular formula is C13H24. The van der Waals surface area contributed by atoms with Gasteiger partial charge in [0.05, 0.1) is 0 Å². The molecule has 13 heavy (non-hydrogen) atoms. The highest BCUT2D eigenvalue weighted by molar-refractivity contribution is 4.87. The molecule has 0 saturated heterocycles. The third-order valence-electron chi connectivity index (χ3n) is 4.87. The Balaban J connectivity index is 2.02. The van der Waals surface area contributed by atoms with Crippen molar-refractivity contribution in [1.29, 1.82) is 0 Å². The molecule has 2 aliphatic rings. The molecule has 0 spiro atoms. The molecule has 0 aromatic rings. The van der Waals surface area contributed by atoms with Gasteiger partial charge in [-0.2, -0.15) is 0 Å². The molecule has 0 bridgehead atoms. The zero-order valence-electron chi connectivity index (χ0n) is 9.42. The van der Waals surface area contributed by atoms with Gasteiger partial charge in [0.15, 0.2) is 0 Å². The van der Waals surface area contributed by atoms with Crippen LogP contribution in [0, 0.1) is 29.6 Å². The Morgan fingerprint density at radius 3 is 2.38 bits per heavy atom. The summed E-state index contributed by atoms with van der Waals surface area (Å²) in [4.78, 5) is 0. The Morgan fingerprint density at radius 2 is 1.62 bits per heavy atom. The van der Waals surface area contributed by atoms with Crippen molar-refractivity contribution in [2.45, 2.75) is 52.9 Å². The van der Waals surface area contributed by atoms with Gasteiger partial charge < -0.3 is 0 Å². The molecule has 0 aromatic carbocycles. The molecule has 76 valence electrons. The van der Waals surface area contributed by atoms with Gasteiger partial charge in [0.2, 0.25) is 0 Å². The van der Waals surface area contributed by atoms with Crippen molar-refractivity contribution in [3.63, 3.8) is 0 Å². The Hall–Kier alpha value is 0. The van der Waals surface area contributed by atoms with Crippen LogP contribution in [-0.4, -0.2) is 0 Å². The molecule has 2 saturated carbocycles. The van der Waals surface area contributed by atoms with Crippen LogP contribution in [0.25, 0.3) is 0 Å². The minimum atomic E-state index is 0.995. The SMILES string of the molecule is C[C@@H]1CC[C@@H]2[C@H](CC[C@H](C)[C@@H]2C)C1. The summed E-state index contributed by atoms with van der Waals surface area (Å²) in [5.74, 6) is 5.19. The topological polar surface area (TPSA) is 0 Å². The smallest absolute Gasteiger partial charge is 0.0357 e. The molecule has 2 fully saturated rings. The van der Waals surface area contributed by atoms with E-state index in [0.717, 1.165) is 29.6 Å². The van der Waals surface area contributed by atoms with Crippen LogP contribution in [0.4, 0.5) is 0 Å². The van der Waals surface area contributed by atoms with Gasteiger partial charge in [0.25, 0.3) is 0 Å². The highest BCUT2D eigenvalue weighted by Crippen LogP contribution is 2.47. The number of hydrogen-bond acceptors (Lipinski definition) is 0. The highest BCUT2D eigenvalue weighted by Gasteiger charge is 2.37. The number of fused-ring (bicyclic) bond motifs is 1. The molecule has 0 heteroatoms.